The average molecular weight is 628 g/mol. The van der Waals surface area contributed by atoms with Crippen molar-refractivity contribution in [2.24, 2.45) is 10.9 Å². The van der Waals surface area contributed by atoms with Crippen LogP contribution in [0.25, 0.3) is 0 Å². The van der Waals surface area contributed by atoms with Crippen LogP contribution in [0.2, 0.25) is 4.28 Å². The number of nitrogens with zero attached hydrogens (tertiary/aromatic N) is 1. The summed E-state index contributed by atoms with van der Waals surface area (Å²) in [5.41, 5.74) is 1.06. The summed E-state index contributed by atoms with van der Waals surface area (Å²) in [6.45, 7) is 27.4. The van der Waals surface area contributed by atoms with Crippen LogP contribution >= 0.6 is 0 Å². The molecule has 0 radical (unpaired) electrons. The first-order chi connectivity index (χ1) is 19.1. The zero-order chi connectivity index (χ0) is 30.7. The highest BCUT2D eigenvalue weighted by molar-refractivity contribution is 7.02. The smallest absolute Gasteiger partial charge is 0.373 e. The maximum absolute atomic E-state index is 6.72. The summed E-state index contributed by atoms with van der Waals surface area (Å²) < 4.78 is 59.2. The molecule has 0 aliphatic carbocycles. The molecule has 0 aromatic heterocycles. The van der Waals surface area contributed by atoms with Crippen molar-refractivity contribution in [3.05, 3.63) is 0 Å². The molecule has 13 heteroatoms. The van der Waals surface area contributed by atoms with Crippen molar-refractivity contribution >= 4 is 32.1 Å². The topological polar surface area (TPSA) is 95.4 Å². The molecule has 0 atom stereocenters. The summed E-state index contributed by atoms with van der Waals surface area (Å²) in [6.07, 6.45) is 1.26. The minimum atomic E-state index is -3.87. The molecule has 240 valence electrons. The van der Waals surface area contributed by atoms with Crippen LogP contribution in [-0.2, 0) is 39.8 Å². The zero-order valence-corrected chi connectivity index (χ0v) is 30.7. The van der Waals surface area contributed by atoms with Crippen molar-refractivity contribution < 1.29 is 39.8 Å². The Morgan fingerprint density at radius 3 is 0.975 bits per heavy atom. The molecule has 0 saturated carbocycles. The van der Waals surface area contributed by atoms with Gasteiger partial charge in [0.15, 0.2) is 4.28 Å². The molecule has 40 heavy (non-hydrogen) atoms. The van der Waals surface area contributed by atoms with Crippen LogP contribution in [0, 0.1) is 5.92 Å². The van der Waals surface area contributed by atoms with Gasteiger partial charge in [0.1, 0.15) is 0 Å². The van der Waals surface area contributed by atoms with E-state index in [2.05, 4.69) is 20.8 Å². The van der Waals surface area contributed by atoms with E-state index in [1.54, 1.807) is 0 Å². The second-order valence-corrected chi connectivity index (χ2v) is 19.4. The van der Waals surface area contributed by atoms with Gasteiger partial charge in [-0.1, -0.05) is 13.8 Å². The molecule has 0 bridgehead atoms. The highest BCUT2D eigenvalue weighted by Gasteiger charge is 2.89. The predicted molar refractivity (Wildman–Crippen MR) is 167 cm³/mol. The molecule has 0 rings (SSSR count). The average Bonchev–Trinajstić information content (AvgIpc) is 2.87. The molecule has 0 heterocycles. The third-order valence-corrected chi connectivity index (χ3v) is 21.6. The van der Waals surface area contributed by atoms with E-state index in [4.69, 9.17) is 44.8 Å². The van der Waals surface area contributed by atoms with Crippen LogP contribution in [0.4, 0.5) is 0 Å². The van der Waals surface area contributed by atoms with Crippen molar-refractivity contribution in [3.8, 4) is 0 Å². The Labute approximate surface area is 248 Å². The van der Waals surface area contributed by atoms with Crippen LogP contribution in [0.15, 0.2) is 4.99 Å². The third kappa shape index (κ3) is 9.48. The Hall–Kier alpha value is -0.0394. The molecule has 0 aliphatic rings. The van der Waals surface area contributed by atoms with E-state index < -0.39 is 30.7 Å². The predicted octanol–water partition coefficient (Wildman–Crippen LogP) is 5.85. The molecule has 0 aromatic rings. The maximum atomic E-state index is 6.72. The normalized spacial score (nSPS) is 14.0. The van der Waals surface area contributed by atoms with Gasteiger partial charge in [0, 0.05) is 71.7 Å². The molecule has 0 spiro atoms. The first-order valence-corrected chi connectivity index (χ1v) is 20.5. The monoisotopic (exact) mass is 627 g/mol. The molecule has 0 unspecified atom stereocenters. The molecule has 0 amide bonds. The zero-order valence-electron chi connectivity index (χ0n) is 27.7. The van der Waals surface area contributed by atoms with Crippen molar-refractivity contribution in [1.29, 1.82) is 0 Å². The largest absolute Gasteiger partial charge is 0.516 e. The van der Waals surface area contributed by atoms with Crippen LogP contribution in [0.5, 0.6) is 0 Å². The Balaban J connectivity index is 8.22. The van der Waals surface area contributed by atoms with Gasteiger partial charge in [0.2, 0.25) is 0 Å². The minimum Gasteiger partial charge on any atom is -0.373 e. The van der Waals surface area contributed by atoms with Crippen LogP contribution in [0.3, 0.4) is 0 Å². The van der Waals surface area contributed by atoms with Crippen molar-refractivity contribution in [2.75, 3.05) is 66.0 Å². The number of hydrogen-bond donors (Lipinski definition) is 0. The van der Waals surface area contributed by atoms with Gasteiger partial charge in [-0.25, -0.2) is 0 Å². The van der Waals surface area contributed by atoms with E-state index in [-0.39, 0.29) is 0 Å². The molecule has 0 aromatic carbocycles. The maximum Gasteiger partial charge on any atom is 0.516 e. The second kappa shape index (κ2) is 20.8. The van der Waals surface area contributed by atoms with Crippen LogP contribution in [-0.4, -0.2) is 98.1 Å². The van der Waals surface area contributed by atoms with E-state index in [1.807, 2.05) is 62.3 Å². The minimum absolute atomic E-state index is 0.341. The highest BCUT2D eigenvalue weighted by Crippen LogP contribution is 2.59. The van der Waals surface area contributed by atoms with E-state index in [9.17, 15) is 0 Å². The fourth-order valence-corrected chi connectivity index (χ4v) is 21.3. The molecule has 0 N–H and O–H groups in total. The Bertz CT molecular complexity index is 570. The van der Waals surface area contributed by atoms with Crippen molar-refractivity contribution in [1.82, 2.24) is 0 Å². The van der Waals surface area contributed by atoms with Crippen LogP contribution < -0.4 is 0 Å². The lowest BCUT2D eigenvalue weighted by Crippen LogP contribution is -2.82. The van der Waals surface area contributed by atoms with Gasteiger partial charge in [-0.15, -0.1) is 0 Å². The first kappa shape index (κ1) is 40.0. The summed E-state index contributed by atoms with van der Waals surface area (Å²) in [4.78, 5) is 5.01. The van der Waals surface area contributed by atoms with Gasteiger partial charge in [-0.2, -0.15) is 0 Å². The van der Waals surface area contributed by atoms with Gasteiger partial charge < -0.3 is 39.8 Å². The number of aliphatic imine (C=N–C) groups is 1. The lowest BCUT2D eigenvalue weighted by molar-refractivity contribution is -0.0120. The molecule has 0 saturated heterocycles. The summed E-state index contributed by atoms with van der Waals surface area (Å²) >= 11 is 0. The first-order valence-electron chi connectivity index (χ1n) is 15.4. The summed E-state index contributed by atoms with van der Waals surface area (Å²) in [5.74, 6) is 0.490. The fraction of sp³-hybridized carbons (Fsp3) is 0.963. The quantitative estimate of drug-likeness (QED) is 0.0865. The SMILES string of the molecule is CCO[Si](OCC)(OCC)C(CCN=C(C)CC(C)C)([Si](OCC)(OCC)OCC)[Si](OCC)(OCC)OCC. The van der Waals surface area contributed by atoms with E-state index in [0.717, 1.165) is 12.1 Å². The van der Waals surface area contributed by atoms with Gasteiger partial charge in [-0.3, -0.25) is 4.99 Å². The van der Waals surface area contributed by atoms with Gasteiger partial charge >= 0.3 is 26.4 Å². The van der Waals surface area contributed by atoms with Gasteiger partial charge in [0.05, 0.1) is 0 Å². The van der Waals surface area contributed by atoms with Crippen LogP contribution in [0.1, 0.15) is 95.9 Å². The Morgan fingerprint density at radius 1 is 0.525 bits per heavy atom. The number of rotatable bonds is 26. The van der Waals surface area contributed by atoms with E-state index >= 15 is 0 Å². The van der Waals surface area contributed by atoms with E-state index in [1.165, 1.54) is 0 Å². The Morgan fingerprint density at radius 2 is 0.775 bits per heavy atom. The van der Waals surface area contributed by atoms with Gasteiger partial charge in [0.25, 0.3) is 0 Å². The Kier molecular flexibility index (Phi) is 20.8. The summed E-state index contributed by atoms with van der Waals surface area (Å²) in [6, 6.07) is 0. The molecular formula is C27H61NO9Si3. The molecule has 0 fully saturated rings. The highest BCUT2D eigenvalue weighted by atomic mass is 28.5. The summed E-state index contributed by atoms with van der Waals surface area (Å²) in [7, 11) is -11.6. The van der Waals surface area contributed by atoms with Crippen molar-refractivity contribution in [2.45, 2.75) is 100 Å². The van der Waals surface area contributed by atoms with Gasteiger partial charge in [-0.05, 0) is 88.0 Å². The number of hydrogen-bond acceptors (Lipinski definition) is 10. The van der Waals surface area contributed by atoms with Crippen molar-refractivity contribution in [3.63, 3.8) is 0 Å². The standard InChI is InChI=1S/C27H61NO9Si3/c1-13-29-38(30-14-2,31-15-3)27(22-23-28-26(12)24-25(10)11,39(32-16-4,33-17-5)34-18-6)40(35-19-7,36-20-8)37-21-9/h25H,13-24H2,1-12H3. The second-order valence-electron chi connectivity index (χ2n) is 9.44. The lowest BCUT2D eigenvalue weighted by atomic mass is 10.1. The summed E-state index contributed by atoms with van der Waals surface area (Å²) in [5, 5.41) is 0. The molecule has 10 nitrogen and oxygen atoms in total. The molecular weight excluding hydrogens is 567 g/mol. The van der Waals surface area contributed by atoms with E-state index in [0.29, 0.717) is 78.3 Å². The third-order valence-electron chi connectivity index (χ3n) is 6.15. The fourth-order valence-electron chi connectivity index (χ4n) is 5.29. The lowest BCUT2D eigenvalue weighted by Gasteiger charge is -2.55. The molecule has 0 aliphatic heterocycles.